The SMILES string of the molecule is CC1CCCN(C(CN)c2ccc3ccccc3c2)CC1. The second-order valence-electron chi connectivity index (χ2n) is 6.43. The van der Waals surface area contributed by atoms with E-state index in [1.807, 2.05) is 0 Å². The van der Waals surface area contributed by atoms with Gasteiger partial charge in [-0.25, -0.2) is 0 Å². The first-order valence-corrected chi connectivity index (χ1v) is 8.21. The Morgan fingerprint density at radius 1 is 1.10 bits per heavy atom. The van der Waals surface area contributed by atoms with E-state index in [-0.39, 0.29) is 0 Å². The third-order valence-corrected chi connectivity index (χ3v) is 4.87. The highest BCUT2D eigenvalue weighted by molar-refractivity contribution is 5.83. The summed E-state index contributed by atoms with van der Waals surface area (Å²) < 4.78 is 0. The molecule has 2 unspecified atom stereocenters. The number of hydrogen-bond donors (Lipinski definition) is 1. The van der Waals surface area contributed by atoms with Gasteiger partial charge in [0.2, 0.25) is 0 Å². The number of nitrogens with zero attached hydrogens (tertiary/aromatic N) is 1. The Hall–Kier alpha value is -1.38. The molecule has 0 amide bonds. The van der Waals surface area contributed by atoms with E-state index in [0.29, 0.717) is 12.6 Å². The van der Waals surface area contributed by atoms with Gasteiger partial charge in [0.15, 0.2) is 0 Å². The molecule has 0 radical (unpaired) electrons. The molecule has 2 aromatic rings. The van der Waals surface area contributed by atoms with Crippen molar-refractivity contribution < 1.29 is 0 Å². The van der Waals surface area contributed by atoms with Crippen molar-refractivity contribution in [2.75, 3.05) is 19.6 Å². The molecule has 3 rings (SSSR count). The number of nitrogens with two attached hydrogens (primary N) is 1. The zero-order valence-corrected chi connectivity index (χ0v) is 13.0. The van der Waals surface area contributed by atoms with Gasteiger partial charge >= 0.3 is 0 Å². The molecule has 0 bridgehead atoms. The van der Waals surface area contributed by atoms with Crippen LogP contribution in [0.15, 0.2) is 42.5 Å². The minimum absolute atomic E-state index is 0.361. The smallest absolute Gasteiger partial charge is 0.0470 e. The van der Waals surface area contributed by atoms with Crippen LogP contribution in [0.4, 0.5) is 0 Å². The van der Waals surface area contributed by atoms with Crippen molar-refractivity contribution in [3.63, 3.8) is 0 Å². The van der Waals surface area contributed by atoms with E-state index < -0.39 is 0 Å². The molecular formula is C19H26N2. The van der Waals surface area contributed by atoms with Crippen molar-refractivity contribution in [2.45, 2.75) is 32.2 Å². The summed E-state index contributed by atoms with van der Waals surface area (Å²) in [6.07, 6.45) is 3.95. The summed E-state index contributed by atoms with van der Waals surface area (Å²) in [4.78, 5) is 2.59. The predicted octanol–water partition coefficient (Wildman–Crippen LogP) is 3.96. The van der Waals surface area contributed by atoms with E-state index in [9.17, 15) is 0 Å². The highest BCUT2D eigenvalue weighted by atomic mass is 15.2. The van der Waals surface area contributed by atoms with Crippen LogP contribution in [0.3, 0.4) is 0 Å². The maximum atomic E-state index is 6.12. The van der Waals surface area contributed by atoms with Gasteiger partial charge in [0.05, 0.1) is 0 Å². The van der Waals surface area contributed by atoms with Crippen molar-refractivity contribution in [3.05, 3.63) is 48.0 Å². The van der Waals surface area contributed by atoms with Crippen LogP contribution in [-0.4, -0.2) is 24.5 Å². The van der Waals surface area contributed by atoms with Gasteiger partial charge in [-0.2, -0.15) is 0 Å². The highest BCUT2D eigenvalue weighted by Gasteiger charge is 2.22. The Morgan fingerprint density at radius 3 is 2.71 bits per heavy atom. The average Bonchev–Trinajstić information content (AvgIpc) is 2.73. The van der Waals surface area contributed by atoms with E-state index in [2.05, 4.69) is 54.3 Å². The maximum absolute atomic E-state index is 6.12. The quantitative estimate of drug-likeness (QED) is 0.923. The van der Waals surface area contributed by atoms with Crippen molar-refractivity contribution in [2.24, 2.45) is 11.7 Å². The standard InChI is InChI=1S/C19H26N2/c1-15-5-4-11-21(12-10-15)19(14-20)18-9-8-16-6-2-3-7-17(16)13-18/h2-3,6-9,13,15,19H,4-5,10-12,14,20H2,1H3. The van der Waals surface area contributed by atoms with Gasteiger partial charge < -0.3 is 5.73 Å². The topological polar surface area (TPSA) is 29.3 Å². The molecule has 2 atom stereocenters. The van der Waals surface area contributed by atoms with Gasteiger partial charge in [-0.1, -0.05) is 43.3 Å². The zero-order valence-electron chi connectivity index (χ0n) is 13.0. The third-order valence-electron chi connectivity index (χ3n) is 4.87. The minimum Gasteiger partial charge on any atom is -0.329 e. The van der Waals surface area contributed by atoms with Crippen LogP contribution in [0, 0.1) is 5.92 Å². The highest BCUT2D eigenvalue weighted by Crippen LogP contribution is 2.27. The maximum Gasteiger partial charge on any atom is 0.0470 e. The first kappa shape index (κ1) is 14.6. The average molecular weight is 282 g/mol. The number of benzene rings is 2. The van der Waals surface area contributed by atoms with Crippen LogP contribution in [0.2, 0.25) is 0 Å². The van der Waals surface area contributed by atoms with Crippen LogP contribution >= 0.6 is 0 Å². The third kappa shape index (κ3) is 3.28. The second-order valence-corrected chi connectivity index (χ2v) is 6.43. The number of hydrogen-bond acceptors (Lipinski definition) is 2. The Balaban J connectivity index is 1.86. The van der Waals surface area contributed by atoms with Gasteiger partial charge in [0.25, 0.3) is 0 Å². The second kappa shape index (κ2) is 6.59. The first-order valence-electron chi connectivity index (χ1n) is 8.21. The van der Waals surface area contributed by atoms with Crippen LogP contribution in [0.1, 0.15) is 37.8 Å². The molecule has 0 spiro atoms. The lowest BCUT2D eigenvalue weighted by atomic mass is 10.0. The predicted molar refractivity (Wildman–Crippen MR) is 90.3 cm³/mol. The molecule has 112 valence electrons. The van der Waals surface area contributed by atoms with Crippen LogP contribution in [-0.2, 0) is 0 Å². The molecule has 2 nitrogen and oxygen atoms in total. The van der Waals surface area contributed by atoms with Gasteiger partial charge in [-0.15, -0.1) is 0 Å². The van der Waals surface area contributed by atoms with Gasteiger partial charge in [-0.3, -0.25) is 4.90 Å². The fraction of sp³-hybridized carbons (Fsp3) is 0.474. The molecule has 0 saturated carbocycles. The molecule has 2 N–H and O–H groups in total. The monoisotopic (exact) mass is 282 g/mol. The van der Waals surface area contributed by atoms with Gasteiger partial charge in [0, 0.05) is 12.6 Å². The van der Waals surface area contributed by atoms with E-state index in [4.69, 9.17) is 5.73 Å². The van der Waals surface area contributed by atoms with E-state index in [0.717, 1.165) is 5.92 Å². The summed E-state index contributed by atoms with van der Waals surface area (Å²) >= 11 is 0. The molecule has 0 aliphatic carbocycles. The fourth-order valence-electron chi connectivity index (χ4n) is 3.51. The number of likely N-dealkylation sites (tertiary alicyclic amines) is 1. The summed E-state index contributed by atoms with van der Waals surface area (Å²) in [5.41, 5.74) is 7.49. The minimum atomic E-state index is 0.361. The first-order chi connectivity index (χ1) is 10.3. The van der Waals surface area contributed by atoms with Crippen LogP contribution in [0.5, 0.6) is 0 Å². The van der Waals surface area contributed by atoms with Crippen LogP contribution in [0.25, 0.3) is 10.8 Å². The number of fused-ring (bicyclic) bond motifs is 1. The summed E-state index contributed by atoms with van der Waals surface area (Å²) in [7, 11) is 0. The molecule has 1 aliphatic rings. The van der Waals surface area contributed by atoms with E-state index in [1.54, 1.807) is 0 Å². The van der Waals surface area contributed by atoms with Crippen molar-refractivity contribution >= 4 is 10.8 Å². The van der Waals surface area contributed by atoms with E-state index in [1.165, 1.54) is 48.7 Å². The molecule has 2 heteroatoms. The largest absolute Gasteiger partial charge is 0.329 e. The zero-order chi connectivity index (χ0) is 14.7. The Labute approximate surface area is 127 Å². The lowest BCUT2D eigenvalue weighted by Crippen LogP contribution is -2.34. The molecule has 1 fully saturated rings. The summed E-state index contributed by atoms with van der Waals surface area (Å²) in [5.74, 6) is 0.852. The van der Waals surface area contributed by atoms with Crippen LogP contribution < -0.4 is 5.73 Å². The molecule has 1 aliphatic heterocycles. The lowest BCUT2D eigenvalue weighted by molar-refractivity contribution is 0.208. The molecule has 1 heterocycles. The van der Waals surface area contributed by atoms with E-state index >= 15 is 0 Å². The number of rotatable bonds is 3. The lowest BCUT2D eigenvalue weighted by Gasteiger charge is -2.30. The van der Waals surface area contributed by atoms with Gasteiger partial charge in [-0.05, 0) is 60.7 Å². The summed E-state index contributed by atoms with van der Waals surface area (Å²) in [5, 5.41) is 2.62. The molecule has 0 aromatic heterocycles. The van der Waals surface area contributed by atoms with Gasteiger partial charge in [0.1, 0.15) is 0 Å². The van der Waals surface area contributed by atoms with Crippen molar-refractivity contribution in [3.8, 4) is 0 Å². The Morgan fingerprint density at radius 2 is 1.90 bits per heavy atom. The van der Waals surface area contributed by atoms with Crippen molar-refractivity contribution in [1.82, 2.24) is 4.90 Å². The fourth-order valence-corrected chi connectivity index (χ4v) is 3.51. The van der Waals surface area contributed by atoms with Crippen molar-refractivity contribution in [1.29, 1.82) is 0 Å². The summed E-state index contributed by atoms with van der Waals surface area (Å²) in [6, 6.07) is 15.7. The molecular weight excluding hydrogens is 256 g/mol. The Bertz CT molecular complexity index is 593. The molecule has 21 heavy (non-hydrogen) atoms. The normalized spacial score (nSPS) is 22.1. The Kier molecular flexibility index (Phi) is 4.57. The molecule has 1 saturated heterocycles. The molecule has 2 aromatic carbocycles. The summed E-state index contributed by atoms with van der Waals surface area (Å²) in [6.45, 7) is 5.43.